The molecule has 1 aliphatic heterocycles. The van der Waals surface area contributed by atoms with E-state index in [4.69, 9.17) is 0 Å². The van der Waals surface area contributed by atoms with E-state index in [1.165, 1.54) is 10.4 Å². The van der Waals surface area contributed by atoms with Gasteiger partial charge in [0.1, 0.15) is 5.52 Å². The van der Waals surface area contributed by atoms with E-state index in [-0.39, 0.29) is 23.9 Å². The smallest absolute Gasteiger partial charge is 0.416 e. The third kappa shape index (κ3) is 5.72. The first kappa shape index (κ1) is 31.6. The summed E-state index contributed by atoms with van der Waals surface area (Å²) in [6.07, 6.45) is -4.36. The summed E-state index contributed by atoms with van der Waals surface area (Å²) in [5.74, 6) is -2.55. The number of alkyl halides is 3. The molecule has 0 saturated heterocycles. The molecule has 8 nitrogen and oxygen atoms in total. The predicted octanol–water partition coefficient (Wildman–Crippen LogP) is 6.32. The third-order valence-electron chi connectivity index (χ3n) is 8.68. The minimum absolute atomic E-state index is 0.0704. The fourth-order valence-corrected chi connectivity index (χ4v) is 7.99. The van der Waals surface area contributed by atoms with Crippen LogP contribution in [-0.2, 0) is 40.5 Å². The number of hydrogen-bond donors (Lipinski definition) is 1. The molecule has 0 radical (unpaired) electrons. The summed E-state index contributed by atoms with van der Waals surface area (Å²) in [6.45, 7) is 9.87. The number of aryl methyl sites for hydroxylation is 3. The van der Waals surface area contributed by atoms with Crippen LogP contribution in [0, 0.1) is 25.7 Å². The fraction of sp³-hybridized carbons (Fsp3) is 0.406. The SMILES string of the molecule is CCn1nnc2c(C)c([C@H](c3ccc(C)c(CN4C[C@@H](C)Cc5ccc(C(F)(F)F)cc5S4(=O)=O)c3)[C@@H](C)C(=O)O)ccc21. The first-order valence-electron chi connectivity index (χ1n) is 14.5. The minimum Gasteiger partial charge on any atom is -0.481 e. The molecule has 0 unspecified atom stereocenters. The molecule has 0 spiro atoms. The second-order valence-corrected chi connectivity index (χ2v) is 13.7. The number of rotatable bonds is 7. The molecule has 0 saturated carbocycles. The zero-order valence-electron chi connectivity index (χ0n) is 25.2. The van der Waals surface area contributed by atoms with Crippen molar-refractivity contribution in [3.05, 3.63) is 87.5 Å². The Hall–Kier alpha value is -3.77. The lowest BCUT2D eigenvalue weighted by Gasteiger charge is -2.27. The van der Waals surface area contributed by atoms with E-state index in [0.717, 1.165) is 34.3 Å². The van der Waals surface area contributed by atoms with E-state index in [0.29, 0.717) is 35.2 Å². The molecule has 0 bridgehead atoms. The van der Waals surface area contributed by atoms with Crippen LogP contribution in [0.1, 0.15) is 65.6 Å². The Morgan fingerprint density at radius 1 is 1.11 bits per heavy atom. The van der Waals surface area contributed by atoms with Crippen LogP contribution in [0.2, 0.25) is 0 Å². The van der Waals surface area contributed by atoms with Gasteiger partial charge in [0.05, 0.1) is 21.9 Å². The number of carboxylic acids is 1. The maximum absolute atomic E-state index is 13.9. The molecule has 3 atom stereocenters. The molecule has 1 aliphatic rings. The van der Waals surface area contributed by atoms with E-state index >= 15 is 0 Å². The number of halogens is 3. The van der Waals surface area contributed by atoms with Crippen molar-refractivity contribution < 1.29 is 31.5 Å². The lowest BCUT2D eigenvalue weighted by atomic mass is 9.79. The molecular weight excluding hydrogens is 593 g/mol. The van der Waals surface area contributed by atoms with Gasteiger partial charge in [-0.25, -0.2) is 13.1 Å². The van der Waals surface area contributed by atoms with Gasteiger partial charge in [-0.3, -0.25) is 4.79 Å². The Balaban J connectivity index is 1.58. The summed E-state index contributed by atoms with van der Waals surface area (Å²) in [5.41, 5.74) is 4.57. The van der Waals surface area contributed by atoms with Crippen molar-refractivity contribution in [3.8, 4) is 0 Å². The lowest BCUT2D eigenvalue weighted by molar-refractivity contribution is -0.141. The molecule has 2 heterocycles. The van der Waals surface area contributed by atoms with Crippen LogP contribution in [0.25, 0.3) is 11.0 Å². The van der Waals surface area contributed by atoms with E-state index in [1.807, 2.05) is 58.0 Å². The van der Waals surface area contributed by atoms with Gasteiger partial charge in [0.2, 0.25) is 10.0 Å². The van der Waals surface area contributed by atoms with Crippen LogP contribution < -0.4 is 0 Å². The monoisotopic (exact) mass is 628 g/mol. The van der Waals surface area contributed by atoms with Crippen LogP contribution in [0.4, 0.5) is 13.2 Å². The van der Waals surface area contributed by atoms with Gasteiger partial charge in [-0.2, -0.15) is 17.5 Å². The number of nitrogens with zero attached hydrogens (tertiary/aromatic N) is 4. The second-order valence-electron chi connectivity index (χ2n) is 11.8. The van der Waals surface area contributed by atoms with Gasteiger partial charge in [-0.15, -0.1) is 5.10 Å². The van der Waals surface area contributed by atoms with Crippen molar-refractivity contribution in [3.63, 3.8) is 0 Å². The van der Waals surface area contributed by atoms with Gasteiger partial charge in [0.15, 0.2) is 0 Å². The Morgan fingerprint density at radius 3 is 2.50 bits per heavy atom. The highest BCUT2D eigenvalue weighted by molar-refractivity contribution is 7.89. The average Bonchev–Trinajstić information content (AvgIpc) is 3.35. The van der Waals surface area contributed by atoms with Gasteiger partial charge < -0.3 is 5.11 Å². The number of aromatic nitrogens is 3. The molecule has 0 amide bonds. The Labute approximate surface area is 254 Å². The maximum atomic E-state index is 13.9. The molecule has 1 aromatic heterocycles. The third-order valence-corrected chi connectivity index (χ3v) is 10.6. The van der Waals surface area contributed by atoms with Crippen LogP contribution in [0.3, 0.4) is 0 Å². The minimum atomic E-state index is -4.68. The number of sulfonamides is 1. The standard InChI is InChI=1S/C32H35F3N4O4S/c1-6-39-27-12-11-26(20(4)30(27)36-37-39)29(21(5)31(40)41)23-8-7-19(3)24(14-23)17-38-16-18(2)13-22-9-10-25(32(33,34)35)15-28(22)44(38,42)43/h7-12,14-15,18,21,29H,6,13,16-17H2,1-5H3,(H,40,41)/t18-,21+,29-/m0/s1. The molecule has 1 N–H and O–H groups in total. The van der Waals surface area contributed by atoms with Crippen LogP contribution in [0.15, 0.2) is 53.4 Å². The summed E-state index contributed by atoms with van der Waals surface area (Å²) < 4.78 is 71.4. The van der Waals surface area contributed by atoms with Crippen molar-refractivity contribution in [2.75, 3.05) is 6.54 Å². The largest absolute Gasteiger partial charge is 0.481 e. The maximum Gasteiger partial charge on any atom is 0.416 e. The Morgan fingerprint density at radius 2 is 1.84 bits per heavy atom. The summed E-state index contributed by atoms with van der Waals surface area (Å²) in [5, 5.41) is 18.6. The zero-order chi connectivity index (χ0) is 32.1. The van der Waals surface area contributed by atoms with Crippen molar-refractivity contribution >= 4 is 27.0 Å². The van der Waals surface area contributed by atoms with Crippen LogP contribution >= 0.6 is 0 Å². The van der Waals surface area contributed by atoms with Gasteiger partial charge in [-0.05, 0) is 84.7 Å². The van der Waals surface area contributed by atoms with E-state index in [9.17, 15) is 31.5 Å². The van der Waals surface area contributed by atoms with Crippen molar-refractivity contribution in [1.29, 1.82) is 0 Å². The van der Waals surface area contributed by atoms with Crippen LogP contribution in [0.5, 0.6) is 0 Å². The summed E-state index contributed by atoms with van der Waals surface area (Å²) >= 11 is 0. The second kappa shape index (κ2) is 11.6. The number of carbonyl (C=O) groups is 1. The molecular formula is C32H35F3N4O4S. The molecule has 44 heavy (non-hydrogen) atoms. The van der Waals surface area contributed by atoms with Gasteiger partial charge in [0.25, 0.3) is 0 Å². The number of benzene rings is 3. The van der Waals surface area contributed by atoms with E-state index in [2.05, 4.69) is 10.3 Å². The van der Waals surface area contributed by atoms with Crippen LogP contribution in [-0.4, -0.2) is 45.3 Å². The average molecular weight is 629 g/mol. The number of fused-ring (bicyclic) bond motifs is 2. The van der Waals surface area contributed by atoms with E-state index in [1.54, 1.807) is 11.6 Å². The fourth-order valence-electron chi connectivity index (χ4n) is 6.19. The molecule has 5 rings (SSSR count). The molecule has 0 fully saturated rings. The molecule has 3 aromatic carbocycles. The first-order chi connectivity index (χ1) is 20.6. The normalized spacial score (nSPS) is 18.5. The highest BCUT2D eigenvalue weighted by atomic mass is 32.2. The predicted molar refractivity (Wildman–Crippen MR) is 160 cm³/mol. The quantitative estimate of drug-likeness (QED) is 0.257. The van der Waals surface area contributed by atoms with Gasteiger partial charge >= 0.3 is 12.1 Å². The van der Waals surface area contributed by atoms with Crippen molar-refractivity contribution in [1.82, 2.24) is 19.3 Å². The van der Waals surface area contributed by atoms with Gasteiger partial charge in [-0.1, -0.05) is 49.4 Å². The zero-order valence-corrected chi connectivity index (χ0v) is 26.0. The summed E-state index contributed by atoms with van der Waals surface area (Å²) in [7, 11) is -4.27. The first-order valence-corrected chi connectivity index (χ1v) is 15.9. The number of carboxylic acid groups (broad SMARTS) is 1. The summed E-state index contributed by atoms with van der Waals surface area (Å²) in [4.78, 5) is 12.0. The van der Waals surface area contributed by atoms with E-state index < -0.39 is 39.6 Å². The topological polar surface area (TPSA) is 105 Å². The van der Waals surface area contributed by atoms with Gasteiger partial charge in [0, 0.05) is 25.6 Å². The Bertz CT molecular complexity index is 1850. The number of hydrogen-bond acceptors (Lipinski definition) is 5. The number of aliphatic carboxylic acids is 1. The molecule has 0 aliphatic carbocycles. The highest BCUT2D eigenvalue weighted by Gasteiger charge is 2.37. The molecule has 12 heteroatoms. The van der Waals surface area contributed by atoms with Crippen molar-refractivity contribution in [2.24, 2.45) is 11.8 Å². The highest BCUT2D eigenvalue weighted by Crippen LogP contribution is 2.39. The lowest BCUT2D eigenvalue weighted by Crippen LogP contribution is -2.33. The Kier molecular flexibility index (Phi) is 8.36. The van der Waals surface area contributed by atoms with Crippen molar-refractivity contribution in [2.45, 2.75) is 71.1 Å². The molecule has 234 valence electrons. The molecule has 4 aromatic rings. The summed E-state index contributed by atoms with van der Waals surface area (Å²) in [6, 6.07) is 12.2.